The maximum absolute atomic E-state index is 12.4. The first-order valence-electron chi connectivity index (χ1n) is 9.14. The van der Waals surface area contributed by atoms with Gasteiger partial charge in [0.15, 0.2) is 0 Å². The second-order valence-corrected chi connectivity index (χ2v) is 7.07. The van der Waals surface area contributed by atoms with Crippen molar-refractivity contribution >= 4 is 40.9 Å². The summed E-state index contributed by atoms with van der Waals surface area (Å²) in [4.78, 5) is 12.4. The van der Waals surface area contributed by atoms with E-state index < -0.39 is 5.91 Å². The third kappa shape index (κ3) is 6.92. The third-order valence-electron chi connectivity index (χ3n) is 4.00. The first kappa shape index (κ1) is 21.8. The number of amides is 1. The van der Waals surface area contributed by atoms with Gasteiger partial charge in [0.25, 0.3) is 5.91 Å². The van der Waals surface area contributed by atoms with Crippen LogP contribution in [-0.2, 0) is 4.79 Å². The number of nitrogens with zero attached hydrogens (tertiary/aromatic N) is 1. The molecule has 0 heterocycles. The van der Waals surface area contributed by atoms with E-state index in [0.717, 1.165) is 24.2 Å². The van der Waals surface area contributed by atoms with E-state index >= 15 is 0 Å². The van der Waals surface area contributed by atoms with Crippen LogP contribution in [0.4, 0.5) is 5.69 Å². The summed E-state index contributed by atoms with van der Waals surface area (Å²) in [6.45, 7) is 2.86. The van der Waals surface area contributed by atoms with Crippen molar-refractivity contribution in [2.75, 3.05) is 11.9 Å². The molecule has 2 rings (SSSR count). The van der Waals surface area contributed by atoms with Gasteiger partial charge < -0.3 is 10.1 Å². The highest BCUT2D eigenvalue weighted by molar-refractivity contribution is 6.36. The van der Waals surface area contributed by atoms with Gasteiger partial charge in [-0.05, 0) is 48.4 Å². The lowest BCUT2D eigenvalue weighted by atomic mass is 10.1. The molecule has 0 radical (unpaired) electrons. The second-order valence-electron chi connectivity index (χ2n) is 6.23. The highest BCUT2D eigenvalue weighted by Gasteiger charge is 2.11. The minimum Gasteiger partial charge on any atom is -0.494 e. The van der Waals surface area contributed by atoms with E-state index in [1.165, 1.54) is 25.0 Å². The first-order chi connectivity index (χ1) is 13.5. The van der Waals surface area contributed by atoms with Gasteiger partial charge in [0.05, 0.1) is 17.3 Å². The van der Waals surface area contributed by atoms with Crippen LogP contribution in [0, 0.1) is 11.3 Å². The molecule has 0 aliphatic heterocycles. The van der Waals surface area contributed by atoms with E-state index in [-0.39, 0.29) is 5.57 Å². The Labute approximate surface area is 175 Å². The predicted octanol–water partition coefficient (Wildman–Crippen LogP) is 6.50. The molecule has 1 N–H and O–H groups in total. The number of halogens is 2. The predicted molar refractivity (Wildman–Crippen MR) is 115 cm³/mol. The van der Waals surface area contributed by atoms with Gasteiger partial charge in [-0.15, -0.1) is 0 Å². The van der Waals surface area contributed by atoms with Gasteiger partial charge in [-0.1, -0.05) is 61.5 Å². The van der Waals surface area contributed by atoms with E-state index in [9.17, 15) is 10.1 Å². The van der Waals surface area contributed by atoms with Crippen LogP contribution < -0.4 is 10.1 Å². The molecule has 1 amide bonds. The minimum absolute atomic E-state index is 0.0285. The number of rotatable bonds is 9. The quantitative estimate of drug-likeness (QED) is 0.288. The fourth-order valence-corrected chi connectivity index (χ4v) is 2.93. The number of ether oxygens (including phenoxy) is 1. The second kappa shape index (κ2) is 11.4. The average Bonchev–Trinajstić information content (AvgIpc) is 2.69. The Hall–Kier alpha value is -2.48. The lowest BCUT2D eigenvalue weighted by Crippen LogP contribution is -2.13. The van der Waals surface area contributed by atoms with Crippen LogP contribution in [0.1, 0.15) is 38.2 Å². The number of anilines is 1. The number of nitrogens with one attached hydrogen (secondary N) is 1. The zero-order chi connectivity index (χ0) is 20.4. The van der Waals surface area contributed by atoms with E-state index in [0.29, 0.717) is 22.3 Å². The Kier molecular flexibility index (Phi) is 8.87. The third-order valence-corrected chi connectivity index (χ3v) is 4.55. The maximum Gasteiger partial charge on any atom is 0.266 e. The van der Waals surface area contributed by atoms with E-state index in [1.807, 2.05) is 18.2 Å². The van der Waals surface area contributed by atoms with Gasteiger partial charge in [0, 0.05) is 5.02 Å². The van der Waals surface area contributed by atoms with E-state index in [2.05, 4.69) is 12.2 Å². The first-order valence-corrected chi connectivity index (χ1v) is 9.90. The topological polar surface area (TPSA) is 62.1 Å². The summed E-state index contributed by atoms with van der Waals surface area (Å²) >= 11 is 11.9. The van der Waals surface area contributed by atoms with Crippen molar-refractivity contribution < 1.29 is 9.53 Å². The van der Waals surface area contributed by atoms with E-state index in [1.54, 1.807) is 24.3 Å². The molecule has 2 aromatic rings. The molecule has 28 heavy (non-hydrogen) atoms. The van der Waals surface area contributed by atoms with Crippen molar-refractivity contribution in [3.63, 3.8) is 0 Å². The van der Waals surface area contributed by atoms with Gasteiger partial charge in [-0.25, -0.2) is 0 Å². The Morgan fingerprint density at radius 1 is 1.14 bits per heavy atom. The lowest BCUT2D eigenvalue weighted by molar-refractivity contribution is -0.112. The van der Waals surface area contributed by atoms with Gasteiger partial charge in [0.2, 0.25) is 0 Å². The number of carbonyl (C=O) groups excluding carboxylic acids is 1. The van der Waals surface area contributed by atoms with Crippen molar-refractivity contribution in [3.05, 3.63) is 63.6 Å². The molecule has 146 valence electrons. The van der Waals surface area contributed by atoms with Crippen molar-refractivity contribution in [1.82, 2.24) is 0 Å². The zero-order valence-corrected chi connectivity index (χ0v) is 17.2. The van der Waals surface area contributed by atoms with Crippen LogP contribution in [0.15, 0.2) is 48.0 Å². The lowest BCUT2D eigenvalue weighted by Gasteiger charge is -2.07. The molecule has 0 fully saturated rings. The van der Waals surface area contributed by atoms with Crippen LogP contribution >= 0.6 is 23.2 Å². The number of benzene rings is 2. The smallest absolute Gasteiger partial charge is 0.266 e. The van der Waals surface area contributed by atoms with Crippen molar-refractivity contribution in [2.24, 2.45) is 0 Å². The fraction of sp³-hybridized carbons (Fsp3) is 0.273. The molecule has 6 heteroatoms. The normalized spacial score (nSPS) is 11.0. The van der Waals surface area contributed by atoms with Crippen LogP contribution in [0.5, 0.6) is 5.75 Å². The van der Waals surface area contributed by atoms with Gasteiger partial charge in [-0.2, -0.15) is 5.26 Å². The molecule has 0 spiro atoms. The molecular formula is C22H22Cl2N2O2. The van der Waals surface area contributed by atoms with Crippen LogP contribution in [0.3, 0.4) is 0 Å². The molecule has 0 aromatic heterocycles. The Morgan fingerprint density at radius 3 is 2.54 bits per heavy atom. The Balaban J connectivity index is 1.99. The largest absolute Gasteiger partial charge is 0.494 e. The highest BCUT2D eigenvalue weighted by Crippen LogP contribution is 2.26. The van der Waals surface area contributed by atoms with Crippen LogP contribution in [0.2, 0.25) is 10.0 Å². The molecule has 0 unspecified atom stereocenters. The number of nitriles is 1. The molecule has 0 aliphatic carbocycles. The van der Waals surface area contributed by atoms with Crippen molar-refractivity contribution in [3.8, 4) is 11.8 Å². The van der Waals surface area contributed by atoms with Crippen LogP contribution in [0.25, 0.3) is 6.08 Å². The molecule has 0 aliphatic rings. The average molecular weight is 417 g/mol. The monoisotopic (exact) mass is 416 g/mol. The van der Waals surface area contributed by atoms with Gasteiger partial charge >= 0.3 is 0 Å². The summed E-state index contributed by atoms with van der Waals surface area (Å²) in [5, 5.41) is 12.7. The molecular weight excluding hydrogens is 395 g/mol. The van der Waals surface area contributed by atoms with Crippen molar-refractivity contribution in [2.45, 2.75) is 32.6 Å². The molecule has 4 nitrogen and oxygen atoms in total. The Bertz CT molecular complexity index is 871. The van der Waals surface area contributed by atoms with Gasteiger partial charge in [-0.3, -0.25) is 4.79 Å². The summed E-state index contributed by atoms with van der Waals surface area (Å²) < 4.78 is 5.70. The molecule has 0 saturated heterocycles. The van der Waals surface area contributed by atoms with Gasteiger partial charge in [0.1, 0.15) is 17.4 Å². The fourth-order valence-electron chi connectivity index (χ4n) is 2.47. The summed E-state index contributed by atoms with van der Waals surface area (Å²) in [7, 11) is 0. The molecule has 0 saturated carbocycles. The molecule has 2 aromatic carbocycles. The SMILES string of the molecule is CCCCCCOc1ccc(/C=C(\C#N)C(=O)Nc2ccc(Cl)cc2Cl)cc1. The molecule has 0 bridgehead atoms. The summed E-state index contributed by atoms with van der Waals surface area (Å²) in [5.74, 6) is 0.229. The standard InChI is InChI=1S/C22H22Cl2N2O2/c1-2-3-4-5-12-28-19-9-6-16(7-10-19)13-17(15-25)22(27)26-21-11-8-18(23)14-20(21)24/h6-11,13-14H,2-5,12H2,1H3,(H,26,27)/b17-13+. The zero-order valence-electron chi connectivity index (χ0n) is 15.7. The number of carbonyl (C=O) groups is 1. The molecule has 0 atom stereocenters. The minimum atomic E-state index is -0.539. The maximum atomic E-state index is 12.4. The van der Waals surface area contributed by atoms with Crippen LogP contribution in [-0.4, -0.2) is 12.5 Å². The summed E-state index contributed by atoms with van der Waals surface area (Å²) in [5.41, 5.74) is 1.09. The summed E-state index contributed by atoms with van der Waals surface area (Å²) in [6, 6.07) is 13.9. The highest BCUT2D eigenvalue weighted by atomic mass is 35.5. The number of unbranched alkanes of at least 4 members (excludes halogenated alkanes) is 3. The summed E-state index contributed by atoms with van der Waals surface area (Å²) in [6.07, 6.45) is 6.12. The number of hydrogen-bond acceptors (Lipinski definition) is 3. The van der Waals surface area contributed by atoms with E-state index in [4.69, 9.17) is 27.9 Å². The number of hydrogen-bond donors (Lipinski definition) is 1. The van der Waals surface area contributed by atoms with Crippen molar-refractivity contribution in [1.29, 1.82) is 5.26 Å². The Morgan fingerprint density at radius 2 is 1.89 bits per heavy atom.